The maximum atomic E-state index is 12.2. The van der Waals surface area contributed by atoms with E-state index in [1.54, 1.807) is 26.0 Å². The molecule has 1 aliphatic rings. The van der Waals surface area contributed by atoms with Gasteiger partial charge in [-0.25, -0.2) is 0 Å². The van der Waals surface area contributed by atoms with Crippen LogP contribution in [0.5, 0.6) is 0 Å². The Morgan fingerprint density at radius 2 is 1.85 bits per heavy atom. The topological polar surface area (TPSA) is 73.0 Å². The third-order valence-electron chi connectivity index (χ3n) is 3.49. The van der Waals surface area contributed by atoms with Gasteiger partial charge in [0.05, 0.1) is 12.5 Å². The van der Waals surface area contributed by atoms with Gasteiger partial charge in [0.1, 0.15) is 0 Å². The van der Waals surface area contributed by atoms with Crippen molar-refractivity contribution in [1.29, 1.82) is 0 Å². The van der Waals surface area contributed by atoms with Crippen LogP contribution >= 0.6 is 0 Å². The van der Waals surface area contributed by atoms with Gasteiger partial charge in [0.15, 0.2) is 0 Å². The number of hydrogen-bond acceptors (Lipinski definition) is 4. The third-order valence-corrected chi connectivity index (χ3v) is 3.49. The van der Waals surface area contributed by atoms with Crippen LogP contribution in [0.1, 0.15) is 6.92 Å². The van der Waals surface area contributed by atoms with Crippen LogP contribution in [0.4, 0.5) is 0 Å². The molecule has 1 aliphatic heterocycles. The Morgan fingerprint density at radius 3 is 2.35 bits per heavy atom. The van der Waals surface area contributed by atoms with Crippen molar-refractivity contribution in [1.82, 2.24) is 20.0 Å². The first kappa shape index (κ1) is 16.4. The van der Waals surface area contributed by atoms with Gasteiger partial charge in [-0.05, 0) is 0 Å². The lowest BCUT2D eigenvalue weighted by atomic mass is 10.1. The van der Waals surface area contributed by atoms with Crippen molar-refractivity contribution in [2.45, 2.75) is 6.92 Å². The van der Waals surface area contributed by atoms with Crippen LogP contribution in [0.15, 0.2) is 0 Å². The van der Waals surface area contributed by atoms with Crippen molar-refractivity contribution in [2.24, 2.45) is 5.92 Å². The zero-order valence-corrected chi connectivity index (χ0v) is 12.7. The second kappa shape index (κ2) is 7.23. The van der Waals surface area contributed by atoms with E-state index in [2.05, 4.69) is 5.32 Å². The predicted octanol–water partition coefficient (Wildman–Crippen LogP) is -1.40. The van der Waals surface area contributed by atoms with Crippen LogP contribution in [0.3, 0.4) is 0 Å². The minimum atomic E-state index is -0.291. The van der Waals surface area contributed by atoms with Gasteiger partial charge in [0.2, 0.25) is 17.7 Å². The fourth-order valence-corrected chi connectivity index (χ4v) is 2.31. The standard InChI is InChI=1S/C13H24N4O3/c1-10(18)17-6-5-16(9-12(19)14-2)7-11(8-17)13(20)15(3)4/h11H,5-9H2,1-4H3,(H,14,19)/t11-/m0/s1. The number of nitrogens with one attached hydrogen (secondary N) is 1. The molecule has 7 heteroatoms. The number of carbonyl (C=O) groups is 3. The SMILES string of the molecule is CNC(=O)CN1CCN(C(C)=O)C[C@@H](C(=O)N(C)C)C1. The van der Waals surface area contributed by atoms with Gasteiger partial charge in [-0.1, -0.05) is 0 Å². The first-order valence-electron chi connectivity index (χ1n) is 6.74. The smallest absolute Gasteiger partial charge is 0.233 e. The Bertz CT molecular complexity index is 384. The molecule has 7 nitrogen and oxygen atoms in total. The highest BCUT2D eigenvalue weighted by Gasteiger charge is 2.30. The number of nitrogens with zero attached hydrogens (tertiary/aromatic N) is 3. The van der Waals surface area contributed by atoms with Gasteiger partial charge >= 0.3 is 0 Å². The summed E-state index contributed by atoms with van der Waals surface area (Å²) in [5.74, 6) is -0.429. The molecular weight excluding hydrogens is 260 g/mol. The lowest BCUT2D eigenvalue weighted by Crippen LogP contribution is -2.43. The van der Waals surface area contributed by atoms with E-state index in [1.165, 1.54) is 11.8 Å². The normalized spacial score (nSPS) is 20.2. The quantitative estimate of drug-likeness (QED) is 0.692. The fourth-order valence-electron chi connectivity index (χ4n) is 2.31. The van der Waals surface area contributed by atoms with Crippen LogP contribution < -0.4 is 5.32 Å². The molecule has 1 saturated heterocycles. The largest absolute Gasteiger partial charge is 0.358 e. The molecule has 1 atom stereocenters. The first-order chi connectivity index (χ1) is 9.35. The van der Waals surface area contributed by atoms with Crippen molar-refractivity contribution in [2.75, 3.05) is 53.9 Å². The Balaban J connectivity index is 2.81. The fraction of sp³-hybridized carbons (Fsp3) is 0.769. The van der Waals surface area contributed by atoms with E-state index in [4.69, 9.17) is 0 Å². The number of carbonyl (C=O) groups excluding carboxylic acids is 3. The van der Waals surface area contributed by atoms with Crippen molar-refractivity contribution in [3.63, 3.8) is 0 Å². The summed E-state index contributed by atoms with van der Waals surface area (Å²) < 4.78 is 0. The summed E-state index contributed by atoms with van der Waals surface area (Å²) >= 11 is 0. The molecule has 0 aromatic heterocycles. The van der Waals surface area contributed by atoms with E-state index >= 15 is 0 Å². The maximum Gasteiger partial charge on any atom is 0.233 e. The van der Waals surface area contributed by atoms with E-state index in [0.29, 0.717) is 26.2 Å². The van der Waals surface area contributed by atoms with Crippen LogP contribution in [-0.4, -0.2) is 86.3 Å². The summed E-state index contributed by atoms with van der Waals surface area (Å²) in [7, 11) is 4.99. The van der Waals surface area contributed by atoms with Gasteiger partial charge in [-0.15, -0.1) is 0 Å². The second-order valence-corrected chi connectivity index (χ2v) is 5.30. The van der Waals surface area contributed by atoms with E-state index in [9.17, 15) is 14.4 Å². The van der Waals surface area contributed by atoms with Crippen molar-refractivity contribution >= 4 is 17.7 Å². The lowest BCUT2D eigenvalue weighted by molar-refractivity contribution is -0.136. The Morgan fingerprint density at radius 1 is 1.20 bits per heavy atom. The number of hydrogen-bond donors (Lipinski definition) is 1. The molecule has 1 heterocycles. The van der Waals surface area contributed by atoms with Crippen LogP contribution in [0.25, 0.3) is 0 Å². The van der Waals surface area contributed by atoms with Crippen molar-refractivity contribution < 1.29 is 14.4 Å². The molecule has 1 N–H and O–H groups in total. The lowest BCUT2D eigenvalue weighted by Gasteiger charge is -2.25. The zero-order chi connectivity index (χ0) is 15.3. The molecule has 0 spiro atoms. The van der Waals surface area contributed by atoms with Crippen LogP contribution in [0.2, 0.25) is 0 Å². The molecule has 3 amide bonds. The van der Waals surface area contributed by atoms with E-state index in [0.717, 1.165) is 0 Å². The summed E-state index contributed by atoms with van der Waals surface area (Å²) in [5, 5.41) is 2.58. The Hall–Kier alpha value is -1.63. The van der Waals surface area contributed by atoms with Gasteiger partial charge in [-0.2, -0.15) is 0 Å². The average Bonchev–Trinajstić information content (AvgIpc) is 2.60. The van der Waals surface area contributed by atoms with E-state index in [-0.39, 0.29) is 30.2 Å². The molecule has 0 radical (unpaired) electrons. The molecule has 0 saturated carbocycles. The third kappa shape index (κ3) is 4.48. The zero-order valence-electron chi connectivity index (χ0n) is 12.7. The maximum absolute atomic E-state index is 12.2. The minimum Gasteiger partial charge on any atom is -0.358 e. The minimum absolute atomic E-state index is 0.0138. The van der Waals surface area contributed by atoms with E-state index < -0.39 is 0 Å². The van der Waals surface area contributed by atoms with Gasteiger partial charge in [0.25, 0.3) is 0 Å². The number of likely N-dealkylation sites (N-methyl/N-ethyl adjacent to an activating group) is 1. The summed E-state index contributed by atoms with van der Waals surface area (Å²) in [6.45, 7) is 3.81. The Kier molecular flexibility index (Phi) is 5.94. The summed E-state index contributed by atoms with van der Waals surface area (Å²) in [5.41, 5.74) is 0. The molecule has 0 bridgehead atoms. The molecular formula is C13H24N4O3. The van der Waals surface area contributed by atoms with Crippen LogP contribution in [-0.2, 0) is 14.4 Å². The molecule has 0 aromatic carbocycles. The van der Waals surface area contributed by atoms with Gasteiger partial charge in [-0.3, -0.25) is 19.3 Å². The van der Waals surface area contributed by atoms with Gasteiger partial charge < -0.3 is 15.1 Å². The molecule has 0 aromatic rings. The van der Waals surface area contributed by atoms with Crippen molar-refractivity contribution in [3.05, 3.63) is 0 Å². The summed E-state index contributed by atoms with van der Waals surface area (Å²) in [6.07, 6.45) is 0. The van der Waals surface area contributed by atoms with Crippen LogP contribution in [0, 0.1) is 5.92 Å². The van der Waals surface area contributed by atoms with Gasteiger partial charge in [0, 0.05) is 54.2 Å². The highest BCUT2D eigenvalue weighted by atomic mass is 16.2. The molecule has 1 fully saturated rings. The molecule has 0 unspecified atom stereocenters. The Labute approximate surface area is 119 Å². The molecule has 1 rings (SSSR count). The molecule has 20 heavy (non-hydrogen) atoms. The summed E-state index contributed by atoms with van der Waals surface area (Å²) in [6, 6.07) is 0. The highest BCUT2D eigenvalue weighted by Crippen LogP contribution is 2.12. The molecule has 0 aliphatic carbocycles. The van der Waals surface area contributed by atoms with E-state index in [1.807, 2.05) is 4.90 Å². The second-order valence-electron chi connectivity index (χ2n) is 5.30. The summed E-state index contributed by atoms with van der Waals surface area (Å²) in [4.78, 5) is 40.4. The average molecular weight is 284 g/mol. The number of rotatable bonds is 3. The number of amides is 3. The first-order valence-corrected chi connectivity index (χ1v) is 6.74. The van der Waals surface area contributed by atoms with Crippen molar-refractivity contribution in [3.8, 4) is 0 Å². The monoisotopic (exact) mass is 284 g/mol. The predicted molar refractivity (Wildman–Crippen MR) is 74.9 cm³/mol. The molecule has 114 valence electrons. The highest BCUT2D eigenvalue weighted by molar-refractivity contribution is 5.81.